The van der Waals surface area contributed by atoms with Crippen molar-refractivity contribution in [3.63, 3.8) is 0 Å². The highest BCUT2D eigenvalue weighted by molar-refractivity contribution is 7.80. The predicted octanol–water partition coefficient (Wildman–Crippen LogP) is 7.84. The van der Waals surface area contributed by atoms with E-state index in [-0.39, 0.29) is 13.2 Å². The molecule has 0 aliphatic carbocycles. The fourth-order valence-corrected chi connectivity index (χ4v) is 1.03. The molecule has 1 atom stereocenters. The highest BCUT2D eigenvalue weighted by Gasteiger charge is 2.08. The summed E-state index contributed by atoms with van der Waals surface area (Å²) in [4.78, 5) is 0. The van der Waals surface area contributed by atoms with Crippen LogP contribution in [0, 0.1) is 0 Å². The Hall–Kier alpha value is -2.59. The molecule has 0 saturated heterocycles. The van der Waals surface area contributed by atoms with E-state index in [1.807, 2.05) is 13.8 Å². The number of ether oxygens (including phenoxy) is 1. The van der Waals surface area contributed by atoms with Crippen molar-refractivity contribution < 1.29 is 32.1 Å². The molecule has 0 aliphatic rings. The standard InChI is InChI=1S/C4H10O4S.C4H10O.C2H6O2.9C2H4/c1-3-4(2)8-9(5,6)7;1-3-5-4-2;3-1-2-4;9*1-2/h4H,3H2,1-2H3,(H,5,6,7);3-4H2,1-2H3;3-4H,1-2H2;9*1-2H2. The third kappa shape index (κ3) is 529. The molecular formula is C28H62O7S. The van der Waals surface area contributed by atoms with Gasteiger partial charge in [-0.1, -0.05) is 6.92 Å². The Morgan fingerprint density at radius 1 is 0.583 bits per heavy atom. The molecule has 0 aromatic carbocycles. The first-order valence-corrected chi connectivity index (χ1v) is 11.6. The maximum Gasteiger partial charge on any atom is 0.397 e. The lowest BCUT2D eigenvalue weighted by molar-refractivity contribution is 0.162. The molecule has 1 unspecified atom stereocenters. The minimum Gasteiger partial charge on any atom is -0.394 e. The Morgan fingerprint density at radius 3 is 0.806 bits per heavy atom. The van der Waals surface area contributed by atoms with Crippen LogP contribution in [0.25, 0.3) is 0 Å². The van der Waals surface area contributed by atoms with Crippen molar-refractivity contribution in [2.45, 2.75) is 40.2 Å². The molecule has 0 aromatic heterocycles. The normalized spacial score (nSPS) is 6.86. The monoisotopic (exact) mass is 542 g/mol. The minimum atomic E-state index is -4.24. The van der Waals surface area contributed by atoms with Gasteiger partial charge in [0.15, 0.2) is 0 Å². The van der Waals surface area contributed by atoms with E-state index in [2.05, 4.69) is 123 Å². The Morgan fingerprint density at radius 2 is 0.778 bits per heavy atom. The van der Waals surface area contributed by atoms with E-state index >= 15 is 0 Å². The molecule has 222 valence electrons. The van der Waals surface area contributed by atoms with Crippen molar-refractivity contribution in [1.82, 2.24) is 0 Å². The van der Waals surface area contributed by atoms with Crippen LogP contribution in [-0.2, 0) is 19.3 Å². The second-order valence-corrected chi connectivity index (χ2v) is 4.02. The molecule has 0 spiro atoms. The van der Waals surface area contributed by atoms with Gasteiger partial charge in [-0.3, -0.25) is 4.55 Å². The van der Waals surface area contributed by atoms with Crippen LogP contribution in [0.15, 0.2) is 118 Å². The first-order valence-electron chi connectivity index (χ1n) is 10.2. The summed E-state index contributed by atoms with van der Waals surface area (Å²) >= 11 is 0. The van der Waals surface area contributed by atoms with Crippen molar-refractivity contribution in [3.05, 3.63) is 118 Å². The molecule has 8 heteroatoms. The van der Waals surface area contributed by atoms with Crippen LogP contribution in [0.3, 0.4) is 0 Å². The number of aliphatic hydroxyl groups excluding tert-OH is 2. The average molecular weight is 543 g/mol. The lowest BCUT2D eigenvalue weighted by Gasteiger charge is -2.04. The molecule has 0 amide bonds. The summed E-state index contributed by atoms with van der Waals surface area (Å²) in [6, 6.07) is 0. The van der Waals surface area contributed by atoms with Crippen LogP contribution in [0.4, 0.5) is 0 Å². The maximum absolute atomic E-state index is 9.93. The van der Waals surface area contributed by atoms with Gasteiger partial charge in [-0.05, 0) is 27.2 Å². The molecule has 0 rings (SSSR count). The van der Waals surface area contributed by atoms with Crippen LogP contribution in [0.2, 0.25) is 0 Å². The molecule has 0 aromatic rings. The fraction of sp³-hybridized carbons (Fsp3) is 0.357. The molecule has 0 radical (unpaired) electrons. The van der Waals surface area contributed by atoms with Crippen LogP contribution < -0.4 is 0 Å². The van der Waals surface area contributed by atoms with E-state index < -0.39 is 16.5 Å². The molecular weight excluding hydrogens is 480 g/mol. The van der Waals surface area contributed by atoms with E-state index in [1.165, 1.54) is 0 Å². The van der Waals surface area contributed by atoms with Gasteiger partial charge in [-0.2, -0.15) is 8.42 Å². The van der Waals surface area contributed by atoms with Crippen LogP contribution in [0.1, 0.15) is 34.1 Å². The summed E-state index contributed by atoms with van der Waals surface area (Å²) in [5.74, 6) is 0. The van der Waals surface area contributed by atoms with Crippen LogP contribution in [0.5, 0.6) is 0 Å². The van der Waals surface area contributed by atoms with E-state index in [0.717, 1.165) is 13.2 Å². The number of rotatable bonds is 6. The summed E-state index contributed by atoms with van der Waals surface area (Å²) in [5, 5.41) is 15.2. The van der Waals surface area contributed by atoms with Crippen LogP contribution in [-0.4, -0.2) is 55.7 Å². The molecule has 0 fully saturated rings. The van der Waals surface area contributed by atoms with E-state index in [0.29, 0.717) is 6.42 Å². The molecule has 3 N–H and O–H groups in total. The zero-order valence-electron chi connectivity index (χ0n) is 24.2. The molecule has 36 heavy (non-hydrogen) atoms. The average Bonchev–Trinajstić information content (AvgIpc) is 2.98. The van der Waals surface area contributed by atoms with Gasteiger partial charge in [0.05, 0.1) is 19.3 Å². The van der Waals surface area contributed by atoms with Gasteiger partial charge >= 0.3 is 10.4 Å². The third-order valence-electron chi connectivity index (χ3n) is 1.37. The smallest absolute Gasteiger partial charge is 0.394 e. The number of hydrogen-bond acceptors (Lipinski definition) is 6. The van der Waals surface area contributed by atoms with Gasteiger partial charge in [-0.25, -0.2) is 4.18 Å². The zero-order valence-corrected chi connectivity index (χ0v) is 25.0. The number of aliphatic hydroxyl groups is 2. The zero-order chi connectivity index (χ0) is 33.0. The highest BCUT2D eigenvalue weighted by atomic mass is 32.3. The second-order valence-electron chi connectivity index (χ2n) is 2.97. The van der Waals surface area contributed by atoms with Gasteiger partial charge in [-0.15, -0.1) is 118 Å². The summed E-state index contributed by atoms with van der Waals surface area (Å²) in [6.07, 6.45) is 0.111. The predicted molar refractivity (Wildman–Crippen MR) is 170 cm³/mol. The highest BCUT2D eigenvalue weighted by Crippen LogP contribution is 1.99. The fourth-order valence-electron chi connectivity index (χ4n) is 0.480. The van der Waals surface area contributed by atoms with Crippen molar-refractivity contribution in [3.8, 4) is 0 Å². The Labute approximate surface area is 227 Å². The van der Waals surface area contributed by atoms with Crippen molar-refractivity contribution in [2.24, 2.45) is 0 Å². The third-order valence-corrected chi connectivity index (χ3v) is 1.94. The SMILES string of the molecule is C=C.C=C.C=C.C=C.C=C.C=C.C=C.C=C.C=C.CCC(C)OS(=O)(=O)O.CCOCC.OCCO. The second kappa shape index (κ2) is 178. The van der Waals surface area contributed by atoms with Gasteiger partial charge in [0.2, 0.25) is 0 Å². The van der Waals surface area contributed by atoms with Crippen molar-refractivity contribution >= 4 is 10.4 Å². The van der Waals surface area contributed by atoms with Gasteiger partial charge in [0, 0.05) is 13.2 Å². The first kappa shape index (κ1) is 76.6. The lowest BCUT2D eigenvalue weighted by atomic mass is 10.3. The van der Waals surface area contributed by atoms with E-state index in [4.69, 9.17) is 19.5 Å². The van der Waals surface area contributed by atoms with Crippen LogP contribution >= 0.6 is 0 Å². The van der Waals surface area contributed by atoms with Gasteiger partial charge in [0.1, 0.15) is 0 Å². The van der Waals surface area contributed by atoms with E-state index in [1.54, 1.807) is 13.8 Å². The van der Waals surface area contributed by atoms with Crippen molar-refractivity contribution in [1.29, 1.82) is 0 Å². The topological polar surface area (TPSA) is 113 Å². The Kier molecular flexibility index (Phi) is 378. The summed E-state index contributed by atoms with van der Waals surface area (Å²) in [7, 11) is -4.24. The maximum atomic E-state index is 9.93. The summed E-state index contributed by atoms with van der Waals surface area (Å²) in [5.41, 5.74) is 0. The van der Waals surface area contributed by atoms with Gasteiger partial charge in [0.25, 0.3) is 0 Å². The Bertz CT molecular complexity index is 319. The lowest BCUT2D eigenvalue weighted by Crippen LogP contribution is -2.12. The molecule has 7 nitrogen and oxygen atoms in total. The Balaban J connectivity index is -0.0000000188. The van der Waals surface area contributed by atoms with Gasteiger partial charge < -0.3 is 14.9 Å². The molecule has 0 bridgehead atoms. The van der Waals surface area contributed by atoms with Crippen molar-refractivity contribution in [2.75, 3.05) is 26.4 Å². The molecule has 0 saturated carbocycles. The molecule has 0 heterocycles. The van der Waals surface area contributed by atoms with E-state index in [9.17, 15) is 8.42 Å². The minimum absolute atomic E-state index is 0.125. The first-order chi connectivity index (χ1) is 17.3. The number of hydrogen-bond donors (Lipinski definition) is 3. The summed E-state index contributed by atoms with van der Waals surface area (Å²) < 4.78 is 36.9. The largest absolute Gasteiger partial charge is 0.397 e. The molecule has 0 aliphatic heterocycles. The summed E-state index contributed by atoms with van der Waals surface area (Å²) in [6.45, 7) is 62.7. The quantitative estimate of drug-likeness (QED) is 0.231.